The van der Waals surface area contributed by atoms with Gasteiger partial charge < -0.3 is 23.7 Å². The molecule has 210 valence electrons. The second kappa shape index (κ2) is 11.4. The SMILES string of the molecule is COc1ccc(C2=NN3[C@@H](c4ccc(OCc5ccccc5)c(OC)c4)Oc4c(Cl)cc(Cl)cc4[C@@H]3C2)cc1OC. The zero-order valence-electron chi connectivity index (χ0n) is 22.8. The highest BCUT2D eigenvalue weighted by Crippen LogP contribution is 2.51. The molecule has 0 aliphatic carbocycles. The lowest BCUT2D eigenvalue weighted by Crippen LogP contribution is -2.33. The fraction of sp³-hybridized carbons (Fsp3) is 0.219. The van der Waals surface area contributed by atoms with Crippen molar-refractivity contribution in [3.63, 3.8) is 0 Å². The van der Waals surface area contributed by atoms with Gasteiger partial charge >= 0.3 is 0 Å². The molecule has 0 radical (unpaired) electrons. The van der Waals surface area contributed by atoms with Crippen LogP contribution in [-0.2, 0) is 6.61 Å². The van der Waals surface area contributed by atoms with E-state index in [-0.39, 0.29) is 6.04 Å². The van der Waals surface area contributed by atoms with Gasteiger partial charge in [-0.05, 0) is 54.1 Å². The van der Waals surface area contributed by atoms with Crippen LogP contribution in [0.25, 0.3) is 0 Å². The Bertz CT molecular complexity index is 1610. The maximum atomic E-state index is 6.66. The summed E-state index contributed by atoms with van der Waals surface area (Å²) in [5.74, 6) is 3.10. The van der Waals surface area contributed by atoms with E-state index in [9.17, 15) is 0 Å². The Morgan fingerprint density at radius 3 is 2.32 bits per heavy atom. The smallest absolute Gasteiger partial charge is 0.214 e. The van der Waals surface area contributed by atoms with Crippen LogP contribution in [0, 0.1) is 0 Å². The summed E-state index contributed by atoms with van der Waals surface area (Å²) in [6.45, 7) is 0.424. The van der Waals surface area contributed by atoms with Gasteiger partial charge in [-0.25, -0.2) is 5.01 Å². The fourth-order valence-corrected chi connectivity index (χ4v) is 5.77. The number of fused-ring (bicyclic) bond motifs is 3. The molecule has 0 saturated heterocycles. The van der Waals surface area contributed by atoms with E-state index >= 15 is 0 Å². The molecule has 0 spiro atoms. The first-order chi connectivity index (χ1) is 20.0. The number of halogens is 2. The zero-order valence-corrected chi connectivity index (χ0v) is 24.3. The molecule has 0 saturated carbocycles. The van der Waals surface area contributed by atoms with E-state index in [4.69, 9.17) is 52.0 Å². The van der Waals surface area contributed by atoms with Crippen LogP contribution in [0.15, 0.2) is 84.0 Å². The predicted octanol–water partition coefficient (Wildman–Crippen LogP) is 7.84. The molecular formula is C32H28Cl2N2O5. The molecule has 0 aromatic heterocycles. The second-order valence-electron chi connectivity index (χ2n) is 9.68. The molecule has 4 aromatic carbocycles. The minimum Gasteiger partial charge on any atom is -0.493 e. The molecular weight excluding hydrogens is 563 g/mol. The molecule has 2 heterocycles. The van der Waals surface area contributed by atoms with Gasteiger partial charge in [0, 0.05) is 28.1 Å². The normalized spacial score (nSPS) is 17.2. The predicted molar refractivity (Wildman–Crippen MR) is 159 cm³/mol. The third-order valence-corrected chi connectivity index (χ3v) is 7.73. The first-order valence-corrected chi connectivity index (χ1v) is 13.8. The van der Waals surface area contributed by atoms with Crippen LogP contribution in [-0.4, -0.2) is 32.0 Å². The number of hydrogen-bond acceptors (Lipinski definition) is 7. The summed E-state index contributed by atoms with van der Waals surface area (Å²) < 4.78 is 29.3. The topological polar surface area (TPSA) is 61.8 Å². The molecule has 4 aromatic rings. The molecule has 0 amide bonds. The highest BCUT2D eigenvalue weighted by Gasteiger charge is 2.42. The lowest BCUT2D eigenvalue weighted by Gasteiger charge is -2.38. The number of benzene rings is 4. The Labute approximate surface area is 248 Å². The van der Waals surface area contributed by atoms with Crippen LogP contribution in [0.4, 0.5) is 0 Å². The van der Waals surface area contributed by atoms with Gasteiger partial charge in [0.05, 0.1) is 38.1 Å². The van der Waals surface area contributed by atoms with Crippen molar-refractivity contribution < 1.29 is 23.7 Å². The maximum Gasteiger partial charge on any atom is 0.214 e. The summed E-state index contributed by atoms with van der Waals surface area (Å²) in [5, 5.41) is 8.00. The van der Waals surface area contributed by atoms with Gasteiger partial charge in [0.2, 0.25) is 6.23 Å². The maximum absolute atomic E-state index is 6.66. The third kappa shape index (κ3) is 5.23. The molecule has 0 unspecified atom stereocenters. The highest BCUT2D eigenvalue weighted by molar-refractivity contribution is 6.35. The Morgan fingerprint density at radius 1 is 0.829 bits per heavy atom. The molecule has 41 heavy (non-hydrogen) atoms. The van der Waals surface area contributed by atoms with Gasteiger partial charge in [0.15, 0.2) is 23.0 Å². The number of rotatable bonds is 8. The first kappa shape index (κ1) is 27.1. The zero-order chi connectivity index (χ0) is 28.5. The standard InChI is InChI=1S/C32H28Cl2N2O5/c1-37-27-11-9-20(13-29(27)38-2)25-17-26-23-15-22(33)16-24(34)31(23)41-32(36(26)35-25)21-10-12-28(30(14-21)39-3)40-18-19-7-5-4-6-8-19/h4-16,26,32H,17-18H2,1-3H3/t26-,32+/m0/s1. The minimum atomic E-state index is -0.569. The monoisotopic (exact) mass is 590 g/mol. The molecule has 2 aliphatic heterocycles. The third-order valence-electron chi connectivity index (χ3n) is 7.23. The van der Waals surface area contributed by atoms with Crippen LogP contribution in [0.2, 0.25) is 10.0 Å². The van der Waals surface area contributed by atoms with Crippen molar-refractivity contribution in [2.75, 3.05) is 21.3 Å². The van der Waals surface area contributed by atoms with Crippen molar-refractivity contribution in [2.45, 2.75) is 25.3 Å². The van der Waals surface area contributed by atoms with Gasteiger partial charge in [-0.15, -0.1) is 0 Å². The Hall–Kier alpha value is -4.07. The van der Waals surface area contributed by atoms with Gasteiger partial charge in [0.25, 0.3) is 0 Å². The summed E-state index contributed by atoms with van der Waals surface area (Å²) in [7, 11) is 4.85. The van der Waals surface area contributed by atoms with Crippen LogP contribution in [0.3, 0.4) is 0 Å². The van der Waals surface area contributed by atoms with Crippen LogP contribution >= 0.6 is 23.2 Å². The number of ether oxygens (including phenoxy) is 5. The van der Waals surface area contributed by atoms with Crippen molar-refractivity contribution in [3.8, 4) is 28.7 Å². The van der Waals surface area contributed by atoms with Crippen LogP contribution < -0.4 is 23.7 Å². The molecule has 9 heteroatoms. The van der Waals surface area contributed by atoms with Crippen LogP contribution in [0.5, 0.6) is 28.7 Å². The van der Waals surface area contributed by atoms with Gasteiger partial charge in [0.1, 0.15) is 12.4 Å². The highest BCUT2D eigenvalue weighted by atomic mass is 35.5. The molecule has 2 aliphatic rings. The van der Waals surface area contributed by atoms with Crippen LogP contribution in [0.1, 0.15) is 40.9 Å². The summed E-state index contributed by atoms with van der Waals surface area (Å²) >= 11 is 13.1. The average Bonchev–Trinajstić information content (AvgIpc) is 3.46. The Morgan fingerprint density at radius 2 is 1.56 bits per heavy atom. The summed E-state index contributed by atoms with van der Waals surface area (Å²) in [4.78, 5) is 0. The number of hydrazone groups is 1. The lowest BCUT2D eigenvalue weighted by molar-refractivity contribution is -0.0190. The number of nitrogens with zero attached hydrogens (tertiary/aromatic N) is 2. The van der Waals surface area contributed by atoms with E-state index in [0.29, 0.717) is 51.8 Å². The number of methoxy groups -OCH3 is 3. The molecule has 0 bridgehead atoms. The van der Waals surface area contributed by atoms with E-state index in [1.165, 1.54) is 0 Å². The Kier molecular flexibility index (Phi) is 7.56. The van der Waals surface area contributed by atoms with Crippen molar-refractivity contribution in [3.05, 3.63) is 111 Å². The Balaban J connectivity index is 1.37. The van der Waals surface area contributed by atoms with Gasteiger partial charge in [-0.3, -0.25) is 0 Å². The van der Waals surface area contributed by atoms with E-state index in [0.717, 1.165) is 28.0 Å². The fourth-order valence-electron chi connectivity index (χ4n) is 5.22. The molecule has 2 atom stereocenters. The van der Waals surface area contributed by atoms with Gasteiger partial charge in [-0.2, -0.15) is 5.10 Å². The van der Waals surface area contributed by atoms with Crippen molar-refractivity contribution in [2.24, 2.45) is 5.10 Å². The van der Waals surface area contributed by atoms with E-state index in [2.05, 4.69) is 0 Å². The summed E-state index contributed by atoms with van der Waals surface area (Å²) in [6, 6.07) is 25.0. The molecule has 7 nitrogen and oxygen atoms in total. The summed E-state index contributed by atoms with van der Waals surface area (Å²) in [6.07, 6.45) is 0.0508. The second-order valence-corrected chi connectivity index (χ2v) is 10.5. The summed E-state index contributed by atoms with van der Waals surface area (Å²) in [5.41, 5.74) is 4.59. The lowest BCUT2D eigenvalue weighted by atomic mass is 9.95. The molecule has 0 N–H and O–H groups in total. The quantitative estimate of drug-likeness (QED) is 0.208. The minimum absolute atomic E-state index is 0.150. The number of hydrogen-bond donors (Lipinski definition) is 0. The van der Waals surface area contributed by atoms with E-state index < -0.39 is 6.23 Å². The van der Waals surface area contributed by atoms with Crippen molar-refractivity contribution in [1.82, 2.24) is 5.01 Å². The van der Waals surface area contributed by atoms with E-state index in [1.54, 1.807) is 27.4 Å². The van der Waals surface area contributed by atoms with Crippen molar-refractivity contribution in [1.29, 1.82) is 0 Å². The largest absolute Gasteiger partial charge is 0.493 e. The molecule has 6 rings (SSSR count). The van der Waals surface area contributed by atoms with Crippen molar-refractivity contribution >= 4 is 28.9 Å². The average molecular weight is 591 g/mol. The van der Waals surface area contributed by atoms with Gasteiger partial charge in [-0.1, -0.05) is 53.5 Å². The molecule has 0 fully saturated rings. The first-order valence-electron chi connectivity index (χ1n) is 13.1. The van der Waals surface area contributed by atoms with E-state index in [1.807, 2.05) is 77.8 Å².